The molecule has 0 unspecified atom stereocenters. The van der Waals surface area contributed by atoms with Crippen LogP contribution in [0.25, 0.3) is 22.6 Å². The molecule has 148 valence electrons. The second-order valence-corrected chi connectivity index (χ2v) is 7.37. The van der Waals surface area contributed by atoms with Crippen molar-refractivity contribution in [1.82, 2.24) is 10.1 Å². The summed E-state index contributed by atoms with van der Waals surface area (Å²) in [6.07, 6.45) is 6.84. The van der Waals surface area contributed by atoms with Gasteiger partial charge in [-0.25, -0.2) is 0 Å². The number of benzene rings is 2. The number of nitriles is 1. The molecule has 0 aliphatic carbocycles. The Kier molecular flexibility index (Phi) is 6.23. The lowest BCUT2D eigenvalue weighted by atomic mass is 10.1. The van der Waals surface area contributed by atoms with Gasteiger partial charge in [-0.05, 0) is 68.3 Å². The molecule has 0 atom stereocenters. The molecule has 0 spiro atoms. The maximum atomic E-state index is 9.65. The van der Waals surface area contributed by atoms with E-state index in [1.165, 1.54) is 32.4 Å². The van der Waals surface area contributed by atoms with Gasteiger partial charge in [0.15, 0.2) is 5.58 Å². The number of allylic oxidation sites excluding steroid dienone is 1. The third-order valence-corrected chi connectivity index (χ3v) is 5.26. The Morgan fingerprint density at radius 3 is 2.86 bits per heavy atom. The molecule has 3 aromatic rings. The number of hydrogen-bond acceptors (Lipinski definition) is 5. The summed E-state index contributed by atoms with van der Waals surface area (Å²) >= 11 is 0. The molecule has 0 N–H and O–H groups in total. The molecule has 4 rings (SSSR count). The number of likely N-dealkylation sites (tertiary alicyclic amines) is 1. The molecule has 1 aliphatic heterocycles. The van der Waals surface area contributed by atoms with E-state index in [4.69, 9.17) is 9.26 Å². The first-order chi connectivity index (χ1) is 14.3. The van der Waals surface area contributed by atoms with Gasteiger partial charge in [-0.15, -0.1) is 0 Å². The number of fused-ring (bicyclic) bond motifs is 1. The summed E-state index contributed by atoms with van der Waals surface area (Å²) in [5.41, 5.74) is 2.62. The minimum Gasteiger partial charge on any atom is -0.494 e. The van der Waals surface area contributed by atoms with Crippen LogP contribution in [0.2, 0.25) is 0 Å². The summed E-state index contributed by atoms with van der Waals surface area (Å²) < 4.78 is 11.3. The molecule has 2 heterocycles. The van der Waals surface area contributed by atoms with Crippen molar-refractivity contribution >= 4 is 22.6 Å². The molecule has 2 aromatic carbocycles. The summed E-state index contributed by atoms with van der Waals surface area (Å²) in [6.45, 7) is 4.22. The summed E-state index contributed by atoms with van der Waals surface area (Å²) in [5.74, 6) is 0.819. The third-order valence-electron chi connectivity index (χ3n) is 5.26. The Hall–Kier alpha value is -3.10. The van der Waals surface area contributed by atoms with E-state index in [1.807, 2.05) is 54.6 Å². The van der Waals surface area contributed by atoms with Crippen molar-refractivity contribution in [2.24, 2.45) is 0 Å². The van der Waals surface area contributed by atoms with Crippen LogP contribution in [0, 0.1) is 11.3 Å². The summed E-state index contributed by atoms with van der Waals surface area (Å²) in [5, 5.41) is 14.6. The van der Waals surface area contributed by atoms with Crippen molar-refractivity contribution in [3.63, 3.8) is 0 Å². The smallest absolute Gasteiger partial charge is 0.167 e. The zero-order valence-corrected chi connectivity index (χ0v) is 16.5. The van der Waals surface area contributed by atoms with Crippen molar-refractivity contribution in [3.8, 4) is 11.8 Å². The molecule has 5 nitrogen and oxygen atoms in total. The first kappa shape index (κ1) is 19.2. The predicted octanol–water partition coefficient (Wildman–Crippen LogP) is 5.15. The fourth-order valence-electron chi connectivity index (χ4n) is 3.76. The van der Waals surface area contributed by atoms with Crippen LogP contribution in [0.5, 0.6) is 5.75 Å². The average molecular weight is 387 g/mol. The number of hydrogen-bond donors (Lipinski definition) is 0. The van der Waals surface area contributed by atoms with Gasteiger partial charge in [0.1, 0.15) is 17.5 Å². The van der Waals surface area contributed by atoms with Gasteiger partial charge in [0.25, 0.3) is 0 Å². The van der Waals surface area contributed by atoms with Crippen molar-refractivity contribution in [3.05, 3.63) is 59.8 Å². The van der Waals surface area contributed by atoms with Crippen LogP contribution >= 0.6 is 0 Å². The first-order valence-corrected chi connectivity index (χ1v) is 10.3. The molecule has 1 saturated heterocycles. The van der Waals surface area contributed by atoms with Crippen LogP contribution in [-0.4, -0.2) is 36.3 Å². The summed E-state index contributed by atoms with van der Waals surface area (Å²) in [6, 6.07) is 17.6. The zero-order chi connectivity index (χ0) is 19.9. The molecule has 0 bridgehead atoms. The van der Waals surface area contributed by atoms with Crippen LogP contribution in [0.3, 0.4) is 0 Å². The molecular weight excluding hydrogens is 362 g/mol. The normalized spacial score (nSPS) is 15.3. The molecule has 0 saturated carbocycles. The molecule has 0 amide bonds. The minimum absolute atomic E-state index is 0.470. The zero-order valence-electron chi connectivity index (χ0n) is 16.5. The third kappa shape index (κ3) is 4.85. The number of para-hydroxylation sites is 1. The minimum atomic E-state index is 0.470. The van der Waals surface area contributed by atoms with Gasteiger partial charge in [-0.1, -0.05) is 35.8 Å². The van der Waals surface area contributed by atoms with Gasteiger partial charge < -0.3 is 14.2 Å². The summed E-state index contributed by atoms with van der Waals surface area (Å²) in [7, 11) is 0. The standard InChI is InChI=1S/C24H25N3O2/c25-18-20(24-22-10-2-3-11-23(22)29-26-24)16-19-8-6-9-21(17-19)28-15-7-14-27-12-4-1-5-13-27/h2-3,6,8-11,16-17H,1,4-5,7,12-15H2/b20-16+. The van der Waals surface area contributed by atoms with Crippen LogP contribution in [0.15, 0.2) is 53.1 Å². The van der Waals surface area contributed by atoms with E-state index in [-0.39, 0.29) is 0 Å². The van der Waals surface area contributed by atoms with Crippen molar-refractivity contribution < 1.29 is 9.26 Å². The van der Waals surface area contributed by atoms with Crippen LogP contribution in [0.1, 0.15) is 36.9 Å². The lowest BCUT2D eigenvalue weighted by Crippen LogP contribution is -2.31. The van der Waals surface area contributed by atoms with E-state index < -0.39 is 0 Å². The fraction of sp³-hybridized carbons (Fsp3) is 0.333. The van der Waals surface area contributed by atoms with E-state index in [2.05, 4.69) is 16.1 Å². The molecule has 29 heavy (non-hydrogen) atoms. The fourth-order valence-corrected chi connectivity index (χ4v) is 3.76. The first-order valence-electron chi connectivity index (χ1n) is 10.3. The van der Waals surface area contributed by atoms with E-state index in [0.717, 1.165) is 29.7 Å². The van der Waals surface area contributed by atoms with E-state index in [1.54, 1.807) is 0 Å². The Bertz CT molecular complexity index is 1030. The lowest BCUT2D eigenvalue weighted by Gasteiger charge is -2.26. The van der Waals surface area contributed by atoms with Gasteiger partial charge in [0, 0.05) is 6.54 Å². The quantitative estimate of drug-likeness (QED) is 0.415. The molecule has 1 fully saturated rings. The average Bonchev–Trinajstić information content (AvgIpc) is 3.20. The Morgan fingerprint density at radius 1 is 1.14 bits per heavy atom. The van der Waals surface area contributed by atoms with E-state index in [0.29, 0.717) is 23.5 Å². The Labute approximate surface area is 171 Å². The number of piperidine rings is 1. The van der Waals surface area contributed by atoms with E-state index in [9.17, 15) is 5.26 Å². The van der Waals surface area contributed by atoms with Crippen molar-refractivity contribution in [1.29, 1.82) is 5.26 Å². The molecular formula is C24H25N3O2. The molecule has 1 aromatic heterocycles. The van der Waals surface area contributed by atoms with Crippen molar-refractivity contribution in [2.75, 3.05) is 26.2 Å². The van der Waals surface area contributed by atoms with Gasteiger partial charge >= 0.3 is 0 Å². The topological polar surface area (TPSA) is 62.3 Å². The number of aromatic nitrogens is 1. The van der Waals surface area contributed by atoms with Gasteiger partial charge in [-0.3, -0.25) is 0 Å². The molecule has 5 heteroatoms. The number of rotatable bonds is 7. The SMILES string of the molecule is N#C/C(=C\c1cccc(OCCCN2CCCCC2)c1)c1noc2ccccc12. The highest BCUT2D eigenvalue weighted by molar-refractivity contribution is 5.98. The second-order valence-electron chi connectivity index (χ2n) is 7.37. The van der Waals surface area contributed by atoms with Crippen LogP contribution in [-0.2, 0) is 0 Å². The summed E-state index contributed by atoms with van der Waals surface area (Å²) in [4.78, 5) is 2.52. The lowest BCUT2D eigenvalue weighted by molar-refractivity contribution is 0.205. The Morgan fingerprint density at radius 2 is 2.00 bits per heavy atom. The van der Waals surface area contributed by atoms with Crippen LogP contribution < -0.4 is 4.74 Å². The maximum absolute atomic E-state index is 9.65. The van der Waals surface area contributed by atoms with E-state index >= 15 is 0 Å². The highest BCUT2D eigenvalue weighted by Crippen LogP contribution is 2.26. The van der Waals surface area contributed by atoms with Crippen molar-refractivity contribution in [2.45, 2.75) is 25.7 Å². The highest BCUT2D eigenvalue weighted by atomic mass is 16.5. The highest BCUT2D eigenvalue weighted by Gasteiger charge is 2.12. The maximum Gasteiger partial charge on any atom is 0.167 e. The predicted molar refractivity (Wildman–Crippen MR) is 114 cm³/mol. The molecule has 1 aliphatic rings. The Balaban J connectivity index is 1.41. The number of nitrogens with zero attached hydrogens (tertiary/aromatic N) is 3. The second kappa shape index (κ2) is 9.40. The van der Waals surface area contributed by atoms with Gasteiger partial charge in [0.05, 0.1) is 17.6 Å². The van der Waals surface area contributed by atoms with Gasteiger partial charge in [0.2, 0.25) is 0 Å². The molecule has 0 radical (unpaired) electrons. The largest absolute Gasteiger partial charge is 0.494 e. The monoisotopic (exact) mass is 387 g/mol. The van der Waals surface area contributed by atoms with Crippen LogP contribution in [0.4, 0.5) is 0 Å². The van der Waals surface area contributed by atoms with Gasteiger partial charge in [-0.2, -0.15) is 5.26 Å². The number of ether oxygens (including phenoxy) is 1.